The van der Waals surface area contributed by atoms with Crippen LogP contribution in [0.2, 0.25) is 0 Å². The molecule has 2 heterocycles. The molecule has 0 bridgehead atoms. The fourth-order valence-electron chi connectivity index (χ4n) is 5.66. The topological polar surface area (TPSA) is 61.9 Å². The summed E-state index contributed by atoms with van der Waals surface area (Å²) in [5.74, 6) is 0.999. The van der Waals surface area contributed by atoms with Crippen LogP contribution in [-0.4, -0.2) is 54.9 Å². The van der Waals surface area contributed by atoms with E-state index in [0.29, 0.717) is 13.0 Å². The fourth-order valence-corrected chi connectivity index (χ4v) is 5.66. The second-order valence-electron chi connectivity index (χ2n) is 10.8. The molecule has 192 valence electrons. The van der Waals surface area contributed by atoms with Crippen LogP contribution < -0.4 is 10.1 Å². The fraction of sp³-hybridized carbons (Fsp3) is 0.517. The van der Waals surface area contributed by atoms with E-state index in [4.69, 9.17) is 4.74 Å². The molecule has 0 unspecified atom stereocenters. The molecule has 1 saturated carbocycles. The number of carbonyl (C=O) groups is 2. The first-order valence-electron chi connectivity index (χ1n) is 13.1. The highest BCUT2D eigenvalue weighted by Crippen LogP contribution is 2.41. The van der Waals surface area contributed by atoms with Crippen molar-refractivity contribution in [2.24, 2.45) is 11.3 Å². The molecular weight excluding hydrogens is 457 g/mol. The number of carbonyl (C=O) groups excluding carboxylic acids is 2. The number of ether oxygens (including phenoxy) is 1. The Balaban J connectivity index is 1.14. The molecule has 0 radical (unpaired) electrons. The first-order chi connectivity index (χ1) is 17.4. The summed E-state index contributed by atoms with van der Waals surface area (Å²) in [7, 11) is 1.65. The minimum atomic E-state index is -0.275. The van der Waals surface area contributed by atoms with E-state index in [1.807, 2.05) is 35.2 Å². The van der Waals surface area contributed by atoms with Crippen molar-refractivity contribution in [3.8, 4) is 5.75 Å². The van der Waals surface area contributed by atoms with Crippen molar-refractivity contribution in [1.82, 2.24) is 15.1 Å². The van der Waals surface area contributed by atoms with Gasteiger partial charge in [0.25, 0.3) is 0 Å². The highest BCUT2D eigenvalue weighted by Gasteiger charge is 2.44. The van der Waals surface area contributed by atoms with Crippen LogP contribution in [-0.2, 0) is 16.1 Å². The van der Waals surface area contributed by atoms with Gasteiger partial charge in [-0.2, -0.15) is 0 Å². The predicted octanol–water partition coefficient (Wildman–Crippen LogP) is 4.31. The molecule has 7 heteroatoms. The molecule has 2 aromatic rings. The van der Waals surface area contributed by atoms with Crippen LogP contribution in [0.5, 0.6) is 5.75 Å². The second kappa shape index (κ2) is 10.6. The van der Waals surface area contributed by atoms with Crippen molar-refractivity contribution in [3.63, 3.8) is 0 Å². The van der Waals surface area contributed by atoms with Gasteiger partial charge in [-0.05, 0) is 86.0 Å². The normalized spacial score (nSPS) is 20.5. The Bertz CT molecular complexity index is 1080. The Labute approximate surface area is 212 Å². The van der Waals surface area contributed by atoms with Gasteiger partial charge in [0.2, 0.25) is 11.8 Å². The molecule has 2 aliphatic heterocycles. The number of nitrogens with zero attached hydrogens (tertiary/aromatic N) is 2. The lowest BCUT2D eigenvalue weighted by atomic mass is 9.77. The van der Waals surface area contributed by atoms with Gasteiger partial charge in [0.05, 0.1) is 13.2 Å². The molecule has 1 aliphatic carbocycles. The van der Waals surface area contributed by atoms with E-state index in [1.54, 1.807) is 13.2 Å². The average Bonchev–Trinajstić information content (AvgIpc) is 3.69. The Morgan fingerprint density at radius 2 is 1.92 bits per heavy atom. The van der Waals surface area contributed by atoms with Crippen molar-refractivity contribution >= 4 is 11.8 Å². The summed E-state index contributed by atoms with van der Waals surface area (Å²) in [6.07, 6.45) is 5.26. The summed E-state index contributed by atoms with van der Waals surface area (Å²) in [4.78, 5) is 29.7. The van der Waals surface area contributed by atoms with Gasteiger partial charge in [0.15, 0.2) is 0 Å². The van der Waals surface area contributed by atoms with Crippen LogP contribution in [0.15, 0.2) is 48.5 Å². The number of piperidine rings is 1. The maximum absolute atomic E-state index is 13.9. The maximum Gasteiger partial charge on any atom is 0.223 e. The molecule has 3 fully saturated rings. The Hall–Kier alpha value is -2.93. The molecule has 36 heavy (non-hydrogen) atoms. The van der Waals surface area contributed by atoms with E-state index < -0.39 is 0 Å². The largest absolute Gasteiger partial charge is 0.497 e. The number of benzene rings is 2. The highest BCUT2D eigenvalue weighted by atomic mass is 19.1. The van der Waals surface area contributed by atoms with Crippen molar-refractivity contribution in [3.05, 3.63) is 65.5 Å². The molecule has 5 rings (SSSR count). The van der Waals surface area contributed by atoms with Crippen LogP contribution in [0.1, 0.15) is 55.7 Å². The van der Waals surface area contributed by atoms with E-state index >= 15 is 0 Å². The van der Waals surface area contributed by atoms with Gasteiger partial charge in [-0.3, -0.25) is 9.59 Å². The lowest BCUT2D eigenvalue weighted by Gasteiger charge is -2.39. The quantitative estimate of drug-likeness (QED) is 0.566. The first-order valence-corrected chi connectivity index (χ1v) is 13.1. The summed E-state index contributed by atoms with van der Waals surface area (Å²) >= 11 is 0. The van der Waals surface area contributed by atoms with Crippen molar-refractivity contribution in [2.75, 3.05) is 33.3 Å². The summed E-state index contributed by atoms with van der Waals surface area (Å²) in [6, 6.07) is 14.3. The van der Waals surface area contributed by atoms with Crippen molar-refractivity contribution in [2.45, 2.75) is 51.1 Å². The van der Waals surface area contributed by atoms with Crippen LogP contribution in [0, 0.1) is 17.2 Å². The first kappa shape index (κ1) is 24.8. The van der Waals surface area contributed by atoms with E-state index in [2.05, 4.69) is 10.2 Å². The van der Waals surface area contributed by atoms with Gasteiger partial charge in [-0.25, -0.2) is 4.39 Å². The van der Waals surface area contributed by atoms with E-state index in [9.17, 15) is 14.0 Å². The highest BCUT2D eigenvalue weighted by molar-refractivity contribution is 5.81. The third-order valence-electron chi connectivity index (χ3n) is 8.10. The minimum Gasteiger partial charge on any atom is -0.497 e. The molecule has 1 atom stereocenters. The lowest BCUT2D eigenvalue weighted by Crippen LogP contribution is -2.42. The summed E-state index contributed by atoms with van der Waals surface area (Å²) in [5, 5.41) is 3.16. The third-order valence-corrected chi connectivity index (χ3v) is 8.10. The van der Waals surface area contributed by atoms with Gasteiger partial charge in [0.1, 0.15) is 11.6 Å². The molecule has 6 nitrogen and oxygen atoms in total. The molecule has 1 spiro atoms. The number of hydrogen-bond donors (Lipinski definition) is 1. The standard InChI is InChI=1S/C29H36FN3O3/c1-36-25-9-5-21(6-10-25)19-33-20-29(18-27(33)34)12-15-32(16-13-29)14-11-26(31-28(35)22-7-8-22)23-3-2-4-24(30)17-23/h2-6,9-10,17,22,26H,7-8,11-16,18-20H2,1H3,(H,31,35)/t26-/m0/s1. The van der Waals surface area contributed by atoms with Crippen LogP contribution in [0.4, 0.5) is 4.39 Å². The number of likely N-dealkylation sites (tertiary alicyclic amines) is 2. The van der Waals surface area contributed by atoms with E-state index in [1.165, 1.54) is 12.1 Å². The van der Waals surface area contributed by atoms with Crippen LogP contribution >= 0.6 is 0 Å². The number of methoxy groups -OCH3 is 1. The number of halogens is 1. The van der Waals surface area contributed by atoms with Crippen molar-refractivity contribution in [1.29, 1.82) is 0 Å². The second-order valence-corrected chi connectivity index (χ2v) is 10.8. The van der Waals surface area contributed by atoms with Gasteiger partial charge < -0.3 is 19.9 Å². The third kappa shape index (κ3) is 5.89. The molecule has 1 N–H and O–H groups in total. The molecular formula is C29H36FN3O3. The average molecular weight is 494 g/mol. The van der Waals surface area contributed by atoms with Gasteiger partial charge in [-0.15, -0.1) is 0 Å². The van der Waals surface area contributed by atoms with Crippen LogP contribution in [0.3, 0.4) is 0 Å². The maximum atomic E-state index is 13.9. The van der Waals surface area contributed by atoms with Crippen molar-refractivity contribution < 1.29 is 18.7 Å². The number of nitrogens with one attached hydrogen (secondary N) is 1. The van der Waals surface area contributed by atoms with Gasteiger partial charge in [0, 0.05) is 32.0 Å². The Morgan fingerprint density at radius 3 is 2.58 bits per heavy atom. The monoisotopic (exact) mass is 493 g/mol. The zero-order valence-electron chi connectivity index (χ0n) is 21.0. The van der Waals surface area contributed by atoms with Crippen LogP contribution in [0.25, 0.3) is 0 Å². The number of hydrogen-bond acceptors (Lipinski definition) is 4. The molecule has 2 amide bonds. The number of rotatable bonds is 9. The Kier molecular flexibility index (Phi) is 7.28. The minimum absolute atomic E-state index is 0.0577. The molecule has 0 aromatic heterocycles. The summed E-state index contributed by atoms with van der Waals surface area (Å²) < 4.78 is 19.1. The molecule has 3 aliphatic rings. The zero-order valence-corrected chi connectivity index (χ0v) is 21.0. The van der Waals surface area contributed by atoms with E-state index in [0.717, 1.165) is 75.2 Å². The van der Waals surface area contributed by atoms with Gasteiger partial charge >= 0.3 is 0 Å². The van der Waals surface area contributed by atoms with E-state index in [-0.39, 0.29) is 35.0 Å². The zero-order chi connectivity index (χ0) is 25.1. The smallest absolute Gasteiger partial charge is 0.223 e. The van der Waals surface area contributed by atoms with Gasteiger partial charge in [-0.1, -0.05) is 24.3 Å². The SMILES string of the molecule is COc1ccc(CN2CC3(CCN(CC[C@H](NC(=O)C4CC4)c4cccc(F)c4)CC3)CC2=O)cc1. The molecule has 2 saturated heterocycles. The number of amides is 2. The predicted molar refractivity (Wildman–Crippen MR) is 136 cm³/mol. The lowest BCUT2D eigenvalue weighted by molar-refractivity contribution is -0.128. The molecule has 2 aromatic carbocycles. The summed E-state index contributed by atoms with van der Waals surface area (Å²) in [6.45, 7) is 4.18. The summed E-state index contributed by atoms with van der Waals surface area (Å²) in [5.41, 5.74) is 2.01. The Morgan fingerprint density at radius 1 is 1.17 bits per heavy atom.